The molecule has 5 heteroatoms. The van der Waals surface area contributed by atoms with E-state index in [9.17, 15) is 0 Å². The van der Waals surface area contributed by atoms with Crippen molar-refractivity contribution in [2.45, 2.75) is 26.2 Å². The summed E-state index contributed by atoms with van der Waals surface area (Å²) in [6, 6.07) is 0. The molecule has 2 heterocycles. The molecule has 1 aliphatic rings. The molecule has 16 heavy (non-hydrogen) atoms. The van der Waals surface area contributed by atoms with Crippen LogP contribution >= 0.6 is 0 Å². The average Bonchev–Trinajstić information content (AvgIpc) is 2.76. The summed E-state index contributed by atoms with van der Waals surface area (Å²) in [7, 11) is 0. The normalized spacial score (nSPS) is 18.2. The average molecular weight is 224 g/mol. The SMILES string of the molecule is CC(C)c1noc(CCN2CCNCC2)n1. The van der Waals surface area contributed by atoms with E-state index in [0.29, 0.717) is 5.92 Å². The number of hydrogen-bond acceptors (Lipinski definition) is 5. The van der Waals surface area contributed by atoms with Gasteiger partial charge in [0.2, 0.25) is 5.89 Å². The summed E-state index contributed by atoms with van der Waals surface area (Å²) in [6.07, 6.45) is 0.861. The first kappa shape index (κ1) is 11.5. The van der Waals surface area contributed by atoms with Crippen molar-refractivity contribution in [3.63, 3.8) is 0 Å². The van der Waals surface area contributed by atoms with Gasteiger partial charge >= 0.3 is 0 Å². The Morgan fingerprint density at radius 3 is 2.75 bits per heavy atom. The van der Waals surface area contributed by atoms with Gasteiger partial charge in [0, 0.05) is 45.1 Å². The quantitative estimate of drug-likeness (QED) is 0.813. The molecule has 0 spiro atoms. The Balaban J connectivity index is 1.79. The Labute approximate surface area is 96.2 Å². The second kappa shape index (κ2) is 5.41. The molecule has 1 fully saturated rings. The minimum absolute atomic E-state index is 0.344. The number of nitrogens with one attached hydrogen (secondary N) is 1. The van der Waals surface area contributed by atoms with Gasteiger partial charge in [0.1, 0.15) is 0 Å². The molecule has 1 aromatic rings. The standard InChI is InChI=1S/C11H20N4O/c1-9(2)11-13-10(16-14-11)3-6-15-7-4-12-5-8-15/h9,12H,3-8H2,1-2H3. The van der Waals surface area contributed by atoms with E-state index < -0.39 is 0 Å². The van der Waals surface area contributed by atoms with E-state index in [2.05, 4.69) is 34.2 Å². The van der Waals surface area contributed by atoms with Crippen LogP contribution in [0.25, 0.3) is 0 Å². The van der Waals surface area contributed by atoms with Crippen molar-refractivity contribution in [3.05, 3.63) is 11.7 Å². The molecule has 1 aliphatic heterocycles. The summed E-state index contributed by atoms with van der Waals surface area (Å²) in [5.41, 5.74) is 0. The molecule has 0 aliphatic carbocycles. The summed E-state index contributed by atoms with van der Waals surface area (Å²) < 4.78 is 5.21. The molecule has 1 aromatic heterocycles. The van der Waals surface area contributed by atoms with Gasteiger partial charge in [-0.05, 0) is 0 Å². The summed E-state index contributed by atoms with van der Waals surface area (Å²) in [5.74, 6) is 1.93. The highest BCUT2D eigenvalue weighted by Crippen LogP contribution is 2.10. The molecule has 0 aromatic carbocycles. The summed E-state index contributed by atoms with van der Waals surface area (Å²) in [4.78, 5) is 6.80. The Morgan fingerprint density at radius 1 is 1.38 bits per heavy atom. The van der Waals surface area contributed by atoms with Gasteiger partial charge in [0.15, 0.2) is 5.82 Å². The van der Waals surface area contributed by atoms with E-state index in [1.54, 1.807) is 0 Å². The molecule has 1 N–H and O–H groups in total. The highest BCUT2D eigenvalue weighted by Gasteiger charge is 2.13. The van der Waals surface area contributed by atoms with Crippen LogP contribution in [0.5, 0.6) is 0 Å². The second-order valence-electron chi connectivity index (χ2n) is 4.54. The third-order valence-electron chi connectivity index (χ3n) is 2.85. The van der Waals surface area contributed by atoms with Crippen LogP contribution in [0.3, 0.4) is 0 Å². The number of piperazine rings is 1. The highest BCUT2D eigenvalue weighted by molar-refractivity contribution is 4.92. The van der Waals surface area contributed by atoms with E-state index in [1.165, 1.54) is 0 Å². The maximum Gasteiger partial charge on any atom is 0.227 e. The van der Waals surface area contributed by atoms with Crippen molar-refractivity contribution in [2.24, 2.45) is 0 Å². The maximum atomic E-state index is 5.21. The molecular formula is C11H20N4O. The predicted octanol–water partition coefficient (Wildman–Crippen LogP) is 0.641. The zero-order valence-corrected chi connectivity index (χ0v) is 10.1. The van der Waals surface area contributed by atoms with Gasteiger partial charge in [-0.2, -0.15) is 4.98 Å². The topological polar surface area (TPSA) is 54.2 Å². The molecule has 0 saturated carbocycles. The van der Waals surface area contributed by atoms with Crippen LogP contribution in [0.15, 0.2) is 4.52 Å². The van der Waals surface area contributed by atoms with Crippen LogP contribution in [0.2, 0.25) is 0 Å². The van der Waals surface area contributed by atoms with Crippen molar-refractivity contribution >= 4 is 0 Å². The molecule has 0 amide bonds. The lowest BCUT2D eigenvalue weighted by molar-refractivity contribution is 0.234. The van der Waals surface area contributed by atoms with Crippen molar-refractivity contribution in [1.29, 1.82) is 0 Å². The van der Waals surface area contributed by atoms with Crippen LogP contribution in [0.1, 0.15) is 31.5 Å². The molecule has 1 saturated heterocycles. The summed E-state index contributed by atoms with van der Waals surface area (Å²) in [5, 5.41) is 7.30. The van der Waals surface area contributed by atoms with Crippen LogP contribution in [0, 0.1) is 0 Å². The van der Waals surface area contributed by atoms with E-state index in [-0.39, 0.29) is 0 Å². The number of rotatable bonds is 4. The smallest absolute Gasteiger partial charge is 0.227 e. The molecular weight excluding hydrogens is 204 g/mol. The Kier molecular flexibility index (Phi) is 3.90. The lowest BCUT2D eigenvalue weighted by Crippen LogP contribution is -2.44. The lowest BCUT2D eigenvalue weighted by Gasteiger charge is -2.26. The third kappa shape index (κ3) is 3.02. The van der Waals surface area contributed by atoms with Gasteiger partial charge in [-0.15, -0.1) is 0 Å². The second-order valence-corrected chi connectivity index (χ2v) is 4.54. The minimum atomic E-state index is 0.344. The fraction of sp³-hybridized carbons (Fsp3) is 0.818. The number of nitrogens with zero attached hydrogens (tertiary/aromatic N) is 3. The minimum Gasteiger partial charge on any atom is -0.339 e. The number of aromatic nitrogens is 2. The zero-order chi connectivity index (χ0) is 11.4. The van der Waals surface area contributed by atoms with E-state index in [0.717, 1.165) is 50.9 Å². The third-order valence-corrected chi connectivity index (χ3v) is 2.85. The fourth-order valence-corrected chi connectivity index (χ4v) is 1.79. The van der Waals surface area contributed by atoms with Gasteiger partial charge in [0.25, 0.3) is 0 Å². The van der Waals surface area contributed by atoms with Gasteiger partial charge < -0.3 is 14.7 Å². The molecule has 0 radical (unpaired) electrons. The van der Waals surface area contributed by atoms with Crippen LogP contribution < -0.4 is 5.32 Å². The summed E-state index contributed by atoms with van der Waals surface area (Å²) in [6.45, 7) is 9.57. The molecule has 0 unspecified atom stereocenters. The Hall–Kier alpha value is -0.940. The first-order valence-electron chi connectivity index (χ1n) is 6.01. The van der Waals surface area contributed by atoms with Crippen molar-refractivity contribution in [3.8, 4) is 0 Å². The van der Waals surface area contributed by atoms with Crippen LogP contribution in [0.4, 0.5) is 0 Å². The first-order chi connectivity index (χ1) is 7.75. The van der Waals surface area contributed by atoms with E-state index >= 15 is 0 Å². The molecule has 2 rings (SSSR count). The first-order valence-corrected chi connectivity index (χ1v) is 6.01. The van der Waals surface area contributed by atoms with Gasteiger partial charge in [0.05, 0.1) is 0 Å². The molecule has 0 atom stereocenters. The van der Waals surface area contributed by atoms with Crippen molar-refractivity contribution < 1.29 is 4.52 Å². The monoisotopic (exact) mass is 224 g/mol. The van der Waals surface area contributed by atoms with Crippen molar-refractivity contribution in [2.75, 3.05) is 32.7 Å². The highest BCUT2D eigenvalue weighted by atomic mass is 16.5. The Morgan fingerprint density at radius 2 is 2.12 bits per heavy atom. The van der Waals surface area contributed by atoms with E-state index in [4.69, 9.17) is 4.52 Å². The Bertz CT molecular complexity index is 318. The largest absolute Gasteiger partial charge is 0.339 e. The van der Waals surface area contributed by atoms with Crippen LogP contribution in [-0.4, -0.2) is 47.8 Å². The zero-order valence-electron chi connectivity index (χ0n) is 10.1. The van der Waals surface area contributed by atoms with Gasteiger partial charge in [-0.3, -0.25) is 0 Å². The molecule has 5 nitrogen and oxygen atoms in total. The summed E-state index contributed by atoms with van der Waals surface area (Å²) >= 11 is 0. The fourth-order valence-electron chi connectivity index (χ4n) is 1.79. The molecule has 90 valence electrons. The van der Waals surface area contributed by atoms with Crippen molar-refractivity contribution in [1.82, 2.24) is 20.4 Å². The number of hydrogen-bond donors (Lipinski definition) is 1. The van der Waals surface area contributed by atoms with Gasteiger partial charge in [-0.1, -0.05) is 19.0 Å². The van der Waals surface area contributed by atoms with Gasteiger partial charge in [-0.25, -0.2) is 0 Å². The lowest BCUT2D eigenvalue weighted by atomic mass is 10.2. The van der Waals surface area contributed by atoms with Crippen LogP contribution in [-0.2, 0) is 6.42 Å². The predicted molar refractivity (Wildman–Crippen MR) is 61.4 cm³/mol. The maximum absolute atomic E-state index is 5.21. The molecule has 0 bridgehead atoms. The van der Waals surface area contributed by atoms with E-state index in [1.807, 2.05) is 0 Å².